The van der Waals surface area contributed by atoms with Gasteiger partial charge in [-0.3, -0.25) is 9.48 Å². The van der Waals surface area contributed by atoms with Gasteiger partial charge in [-0.1, -0.05) is 29.3 Å². The largest absolute Gasteiger partial charge is 0.397 e. The van der Waals surface area contributed by atoms with Crippen LogP contribution in [0.4, 0.5) is 11.5 Å². The van der Waals surface area contributed by atoms with Gasteiger partial charge < -0.3 is 11.1 Å². The summed E-state index contributed by atoms with van der Waals surface area (Å²) in [4.78, 5) is 18.4. The van der Waals surface area contributed by atoms with E-state index in [2.05, 4.69) is 15.4 Å². The third-order valence-electron chi connectivity index (χ3n) is 4.46. The van der Waals surface area contributed by atoms with Crippen molar-refractivity contribution >= 4 is 62.2 Å². The minimum Gasteiger partial charge on any atom is -0.397 e. The van der Waals surface area contributed by atoms with Gasteiger partial charge in [0.05, 0.1) is 12.2 Å². The Bertz CT molecular complexity index is 1250. The highest BCUT2D eigenvalue weighted by atomic mass is 35.5. The van der Waals surface area contributed by atoms with Crippen molar-refractivity contribution in [3.05, 3.63) is 68.3 Å². The Morgan fingerprint density at radius 2 is 2.03 bits per heavy atom. The fourth-order valence-corrected chi connectivity index (χ4v) is 4.73. The standard InChI is InChI=1S/C20H17Cl2N5OS/c1-10-7-11(2)24-20-16(10)17(23)18(29-20)19(28)25-15-5-6-27(26-15)9-12-3-4-13(21)8-14(12)22/h3-8H,9,23H2,1-2H3,(H,25,26,28). The molecule has 0 bridgehead atoms. The zero-order valence-corrected chi connectivity index (χ0v) is 18.0. The van der Waals surface area contributed by atoms with E-state index in [0.29, 0.717) is 33.0 Å². The number of carbonyl (C=O) groups excluding carboxylic acids is 1. The number of benzene rings is 1. The number of aromatic nitrogens is 3. The second-order valence-electron chi connectivity index (χ2n) is 6.69. The van der Waals surface area contributed by atoms with Crippen LogP contribution in [0.1, 0.15) is 26.5 Å². The summed E-state index contributed by atoms with van der Waals surface area (Å²) in [6.45, 7) is 4.34. The predicted molar refractivity (Wildman–Crippen MR) is 119 cm³/mol. The lowest BCUT2D eigenvalue weighted by Crippen LogP contribution is -2.13. The van der Waals surface area contributed by atoms with Gasteiger partial charge in [0, 0.05) is 33.4 Å². The molecule has 0 radical (unpaired) electrons. The van der Waals surface area contributed by atoms with Crippen molar-refractivity contribution in [3.8, 4) is 0 Å². The number of hydrogen-bond donors (Lipinski definition) is 2. The average Bonchev–Trinajstić information content (AvgIpc) is 3.21. The monoisotopic (exact) mass is 445 g/mol. The molecule has 0 saturated heterocycles. The van der Waals surface area contributed by atoms with Crippen LogP contribution in [0.5, 0.6) is 0 Å². The second kappa shape index (κ2) is 7.67. The van der Waals surface area contributed by atoms with E-state index < -0.39 is 0 Å². The first kappa shape index (κ1) is 19.7. The molecule has 4 aromatic rings. The number of nitrogens with zero attached hydrogens (tertiary/aromatic N) is 3. The van der Waals surface area contributed by atoms with Crippen molar-refractivity contribution in [1.82, 2.24) is 14.8 Å². The molecular weight excluding hydrogens is 429 g/mol. The number of nitrogens with two attached hydrogens (primary N) is 1. The summed E-state index contributed by atoms with van der Waals surface area (Å²) in [5.74, 6) is 0.120. The van der Waals surface area contributed by atoms with Gasteiger partial charge in [0.2, 0.25) is 0 Å². The van der Waals surface area contributed by atoms with E-state index in [1.807, 2.05) is 26.0 Å². The molecule has 3 N–H and O–H groups in total. The quantitative estimate of drug-likeness (QED) is 0.446. The van der Waals surface area contributed by atoms with Crippen LogP contribution in [-0.2, 0) is 6.54 Å². The summed E-state index contributed by atoms with van der Waals surface area (Å²) in [6, 6.07) is 8.99. The first-order valence-electron chi connectivity index (χ1n) is 8.77. The van der Waals surface area contributed by atoms with Gasteiger partial charge >= 0.3 is 0 Å². The average molecular weight is 446 g/mol. The lowest BCUT2D eigenvalue weighted by atomic mass is 10.1. The number of pyridine rings is 1. The van der Waals surface area contributed by atoms with Crippen LogP contribution in [0.3, 0.4) is 0 Å². The van der Waals surface area contributed by atoms with E-state index >= 15 is 0 Å². The highest BCUT2D eigenvalue weighted by molar-refractivity contribution is 7.21. The van der Waals surface area contributed by atoms with Gasteiger partial charge in [0.15, 0.2) is 5.82 Å². The highest BCUT2D eigenvalue weighted by Gasteiger charge is 2.19. The third kappa shape index (κ3) is 3.94. The van der Waals surface area contributed by atoms with Crippen LogP contribution in [0, 0.1) is 13.8 Å². The van der Waals surface area contributed by atoms with Crippen LogP contribution in [0.25, 0.3) is 10.2 Å². The Kier molecular flexibility index (Phi) is 5.21. The van der Waals surface area contributed by atoms with Crippen molar-refractivity contribution in [2.24, 2.45) is 0 Å². The number of nitrogen functional groups attached to an aromatic ring is 1. The van der Waals surface area contributed by atoms with Crippen molar-refractivity contribution in [2.45, 2.75) is 20.4 Å². The van der Waals surface area contributed by atoms with E-state index in [9.17, 15) is 4.79 Å². The second-order valence-corrected chi connectivity index (χ2v) is 8.54. The Hall–Kier alpha value is -2.61. The number of rotatable bonds is 4. The predicted octanol–water partition coefficient (Wildman–Crippen LogP) is 5.30. The van der Waals surface area contributed by atoms with Gasteiger partial charge in [-0.05, 0) is 43.2 Å². The molecule has 3 heterocycles. The van der Waals surface area contributed by atoms with Gasteiger partial charge in [0.1, 0.15) is 9.71 Å². The van der Waals surface area contributed by atoms with Crippen molar-refractivity contribution in [1.29, 1.82) is 0 Å². The Morgan fingerprint density at radius 1 is 1.24 bits per heavy atom. The minimum atomic E-state index is -0.308. The number of thiophene rings is 1. The summed E-state index contributed by atoms with van der Waals surface area (Å²) < 4.78 is 1.69. The molecule has 0 atom stereocenters. The van der Waals surface area contributed by atoms with Crippen LogP contribution < -0.4 is 11.1 Å². The normalized spacial score (nSPS) is 11.2. The minimum absolute atomic E-state index is 0.308. The Labute approximate surface area is 181 Å². The lowest BCUT2D eigenvalue weighted by molar-refractivity contribution is 0.103. The SMILES string of the molecule is Cc1cc(C)c2c(N)c(C(=O)Nc3ccn(Cc4ccc(Cl)cc4Cl)n3)sc2n1. The first-order chi connectivity index (χ1) is 13.8. The van der Waals surface area contributed by atoms with E-state index in [-0.39, 0.29) is 5.91 Å². The summed E-state index contributed by atoms with van der Waals surface area (Å²) >= 11 is 13.4. The molecule has 0 aliphatic heterocycles. The highest BCUT2D eigenvalue weighted by Crippen LogP contribution is 2.35. The molecule has 3 aromatic heterocycles. The molecule has 0 aliphatic carbocycles. The van der Waals surface area contributed by atoms with Gasteiger partial charge in [0.25, 0.3) is 5.91 Å². The Balaban J connectivity index is 1.54. The smallest absolute Gasteiger partial charge is 0.269 e. The van der Waals surface area contributed by atoms with Gasteiger partial charge in [-0.25, -0.2) is 4.98 Å². The maximum atomic E-state index is 12.8. The molecular formula is C20H17Cl2N5OS. The molecule has 0 spiro atoms. The zero-order valence-electron chi connectivity index (χ0n) is 15.7. The number of anilines is 2. The molecule has 29 heavy (non-hydrogen) atoms. The molecule has 0 saturated carbocycles. The molecule has 1 aromatic carbocycles. The van der Waals surface area contributed by atoms with E-state index in [1.165, 1.54) is 11.3 Å². The number of aryl methyl sites for hydroxylation is 2. The van der Waals surface area contributed by atoms with Gasteiger partial charge in [-0.15, -0.1) is 11.3 Å². The number of halogens is 2. The molecule has 4 rings (SSSR count). The van der Waals surface area contributed by atoms with E-state index in [0.717, 1.165) is 27.0 Å². The summed E-state index contributed by atoms with van der Waals surface area (Å²) in [5.41, 5.74) is 9.46. The fraction of sp³-hybridized carbons (Fsp3) is 0.150. The van der Waals surface area contributed by atoms with Crippen molar-refractivity contribution in [2.75, 3.05) is 11.1 Å². The molecule has 9 heteroatoms. The van der Waals surface area contributed by atoms with E-state index in [4.69, 9.17) is 28.9 Å². The van der Waals surface area contributed by atoms with Crippen LogP contribution in [-0.4, -0.2) is 20.7 Å². The molecule has 6 nitrogen and oxygen atoms in total. The summed E-state index contributed by atoms with van der Waals surface area (Å²) in [6.07, 6.45) is 1.77. The van der Waals surface area contributed by atoms with Crippen LogP contribution in [0.2, 0.25) is 10.0 Å². The number of nitrogens with one attached hydrogen (secondary N) is 1. The molecule has 0 fully saturated rings. The van der Waals surface area contributed by atoms with Crippen LogP contribution in [0.15, 0.2) is 36.5 Å². The first-order valence-corrected chi connectivity index (χ1v) is 10.3. The summed E-state index contributed by atoms with van der Waals surface area (Å²) in [5, 5.41) is 9.16. The van der Waals surface area contributed by atoms with Crippen LogP contribution >= 0.6 is 34.5 Å². The molecule has 0 unspecified atom stereocenters. The van der Waals surface area contributed by atoms with Crippen molar-refractivity contribution < 1.29 is 4.79 Å². The number of carbonyl (C=O) groups is 1. The maximum absolute atomic E-state index is 12.8. The molecule has 148 valence electrons. The number of hydrogen-bond acceptors (Lipinski definition) is 5. The lowest BCUT2D eigenvalue weighted by Gasteiger charge is -2.05. The third-order valence-corrected chi connectivity index (χ3v) is 6.15. The fourth-order valence-electron chi connectivity index (χ4n) is 3.15. The van der Waals surface area contributed by atoms with Crippen molar-refractivity contribution in [3.63, 3.8) is 0 Å². The maximum Gasteiger partial charge on any atom is 0.269 e. The number of amides is 1. The topological polar surface area (TPSA) is 85.8 Å². The molecule has 1 amide bonds. The molecule has 0 aliphatic rings. The van der Waals surface area contributed by atoms with Gasteiger partial charge in [-0.2, -0.15) is 5.10 Å². The summed E-state index contributed by atoms with van der Waals surface area (Å²) in [7, 11) is 0. The number of fused-ring (bicyclic) bond motifs is 1. The zero-order chi connectivity index (χ0) is 20.7. The Morgan fingerprint density at radius 3 is 2.79 bits per heavy atom. The van der Waals surface area contributed by atoms with E-state index in [1.54, 1.807) is 29.1 Å².